The van der Waals surface area contributed by atoms with Gasteiger partial charge in [0.25, 0.3) is 0 Å². The molecule has 0 saturated heterocycles. The van der Waals surface area contributed by atoms with Gasteiger partial charge in [-0.1, -0.05) is 23.8 Å². The van der Waals surface area contributed by atoms with Gasteiger partial charge in [0.2, 0.25) is 0 Å². The third-order valence-electron chi connectivity index (χ3n) is 4.17. The van der Waals surface area contributed by atoms with Crippen molar-refractivity contribution < 1.29 is 14.2 Å². The van der Waals surface area contributed by atoms with Gasteiger partial charge in [0.05, 0.1) is 5.69 Å². The molecule has 0 fully saturated rings. The van der Waals surface area contributed by atoms with E-state index in [1.807, 2.05) is 37.3 Å². The standard InChI is InChI=1S/C19H22FN3O2/c1-12-2-5-17-13(8-12)6-7-19(22,23-17)14-3-4-16(21)18(9-14)25-11-15(24)10-20/h2-9,15,23-24H,10-11,21-22H2,1H3. The van der Waals surface area contributed by atoms with Crippen molar-refractivity contribution in [2.24, 2.45) is 5.73 Å². The Morgan fingerprint density at radius 3 is 2.84 bits per heavy atom. The first kappa shape index (κ1) is 17.3. The van der Waals surface area contributed by atoms with Gasteiger partial charge in [-0.2, -0.15) is 0 Å². The van der Waals surface area contributed by atoms with Gasteiger partial charge in [0.15, 0.2) is 0 Å². The van der Waals surface area contributed by atoms with E-state index in [2.05, 4.69) is 11.4 Å². The summed E-state index contributed by atoms with van der Waals surface area (Å²) in [6, 6.07) is 11.3. The molecule has 0 radical (unpaired) electrons. The molecule has 1 aliphatic rings. The van der Waals surface area contributed by atoms with Crippen LogP contribution in [0.25, 0.3) is 6.08 Å². The molecular weight excluding hydrogens is 321 g/mol. The first-order valence-corrected chi connectivity index (χ1v) is 8.05. The SMILES string of the molecule is Cc1ccc2c(c1)C=CC(N)(c1ccc(N)c(OCC(O)CF)c1)N2. The van der Waals surface area contributed by atoms with E-state index in [9.17, 15) is 9.50 Å². The molecule has 2 atom stereocenters. The molecule has 0 aliphatic carbocycles. The van der Waals surface area contributed by atoms with Crippen molar-refractivity contribution in [1.29, 1.82) is 0 Å². The molecule has 6 heteroatoms. The normalized spacial score (nSPS) is 19.8. The van der Waals surface area contributed by atoms with Crippen LogP contribution in [-0.2, 0) is 5.66 Å². The van der Waals surface area contributed by atoms with Crippen molar-refractivity contribution >= 4 is 17.5 Å². The minimum atomic E-state index is -1.18. The monoisotopic (exact) mass is 343 g/mol. The zero-order chi connectivity index (χ0) is 18.0. The smallest absolute Gasteiger partial charge is 0.142 e. The molecule has 5 nitrogen and oxygen atoms in total. The number of rotatable bonds is 5. The number of nitrogens with two attached hydrogens (primary N) is 2. The van der Waals surface area contributed by atoms with Gasteiger partial charge in [-0.25, -0.2) is 4.39 Å². The van der Waals surface area contributed by atoms with E-state index < -0.39 is 18.4 Å². The average Bonchev–Trinajstić information content (AvgIpc) is 2.61. The molecule has 132 valence electrons. The Hall–Kier alpha value is -2.57. The van der Waals surface area contributed by atoms with Crippen LogP contribution in [0.1, 0.15) is 16.7 Å². The van der Waals surface area contributed by atoms with Crippen LogP contribution in [0.3, 0.4) is 0 Å². The number of alkyl halides is 1. The number of nitrogens with one attached hydrogen (secondary N) is 1. The highest BCUT2D eigenvalue weighted by Crippen LogP contribution is 2.35. The van der Waals surface area contributed by atoms with E-state index in [0.717, 1.165) is 16.8 Å². The summed E-state index contributed by atoms with van der Waals surface area (Å²) in [5, 5.41) is 12.6. The maximum absolute atomic E-state index is 12.4. The van der Waals surface area contributed by atoms with Crippen LogP contribution in [0.4, 0.5) is 15.8 Å². The second-order valence-corrected chi connectivity index (χ2v) is 6.29. The summed E-state index contributed by atoms with van der Waals surface area (Å²) in [5.41, 5.74) is 15.8. The Morgan fingerprint density at radius 2 is 2.08 bits per heavy atom. The average molecular weight is 343 g/mol. The van der Waals surface area contributed by atoms with Gasteiger partial charge in [-0.15, -0.1) is 0 Å². The minimum Gasteiger partial charge on any atom is -0.489 e. The lowest BCUT2D eigenvalue weighted by Gasteiger charge is -2.33. The molecule has 2 aromatic carbocycles. The highest BCUT2D eigenvalue weighted by atomic mass is 19.1. The van der Waals surface area contributed by atoms with Gasteiger partial charge < -0.3 is 26.6 Å². The van der Waals surface area contributed by atoms with Gasteiger partial charge in [-0.3, -0.25) is 0 Å². The highest BCUT2D eigenvalue weighted by molar-refractivity contribution is 5.74. The first-order chi connectivity index (χ1) is 11.9. The second-order valence-electron chi connectivity index (χ2n) is 6.29. The lowest BCUT2D eigenvalue weighted by Crippen LogP contribution is -2.44. The number of nitrogen functional groups attached to an aromatic ring is 1. The Balaban J connectivity index is 1.88. The third kappa shape index (κ3) is 3.60. The van der Waals surface area contributed by atoms with E-state index >= 15 is 0 Å². The molecule has 25 heavy (non-hydrogen) atoms. The molecule has 0 aromatic heterocycles. The number of hydrogen-bond acceptors (Lipinski definition) is 5. The topological polar surface area (TPSA) is 93.5 Å². The summed E-state index contributed by atoms with van der Waals surface area (Å²) in [7, 11) is 0. The Bertz CT molecular complexity index is 809. The van der Waals surface area contributed by atoms with E-state index in [1.165, 1.54) is 5.56 Å². The molecule has 2 aromatic rings. The number of halogens is 1. The van der Waals surface area contributed by atoms with Crippen LogP contribution in [0.2, 0.25) is 0 Å². The van der Waals surface area contributed by atoms with Crippen LogP contribution in [0, 0.1) is 6.92 Å². The van der Waals surface area contributed by atoms with Crippen LogP contribution in [0.15, 0.2) is 42.5 Å². The molecule has 2 unspecified atom stereocenters. The number of fused-ring (bicyclic) bond motifs is 1. The number of benzene rings is 2. The van der Waals surface area contributed by atoms with Crippen LogP contribution in [-0.4, -0.2) is 24.5 Å². The van der Waals surface area contributed by atoms with Crippen LogP contribution >= 0.6 is 0 Å². The lowest BCUT2D eigenvalue weighted by atomic mass is 9.93. The van der Waals surface area contributed by atoms with E-state index in [-0.39, 0.29) is 6.61 Å². The van der Waals surface area contributed by atoms with E-state index in [0.29, 0.717) is 11.4 Å². The van der Waals surface area contributed by atoms with E-state index in [4.69, 9.17) is 16.2 Å². The maximum Gasteiger partial charge on any atom is 0.142 e. The number of aliphatic hydroxyl groups excluding tert-OH is 1. The van der Waals surface area contributed by atoms with Crippen molar-refractivity contribution in [3.63, 3.8) is 0 Å². The van der Waals surface area contributed by atoms with Gasteiger partial charge in [0, 0.05) is 5.69 Å². The number of aliphatic hydroxyl groups is 1. The summed E-state index contributed by atoms with van der Waals surface area (Å²) >= 11 is 0. The summed E-state index contributed by atoms with van der Waals surface area (Å²) in [6.07, 6.45) is 2.67. The minimum absolute atomic E-state index is 0.174. The molecule has 0 amide bonds. The largest absolute Gasteiger partial charge is 0.489 e. The molecule has 0 saturated carbocycles. The van der Waals surface area contributed by atoms with Crippen molar-refractivity contribution in [2.75, 3.05) is 24.3 Å². The third-order valence-corrected chi connectivity index (χ3v) is 4.17. The van der Waals surface area contributed by atoms with Gasteiger partial charge in [0.1, 0.15) is 30.8 Å². The van der Waals surface area contributed by atoms with Crippen molar-refractivity contribution in [2.45, 2.75) is 18.7 Å². The molecule has 6 N–H and O–H groups in total. The van der Waals surface area contributed by atoms with Crippen molar-refractivity contribution in [1.82, 2.24) is 0 Å². The predicted molar refractivity (Wildman–Crippen MR) is 98.0 cm³/mol. The zero-order valence-electron chi connectivity index (χ0n) is 14.0. The summed E-state index contributed by atoms with van der Waals surface area (Å²) < 4.78 is 17.8. The van der Waals surface area contributed by atoms with Crippen LogP contribution < -0.4 is 21.5 Å². The first-order valence-electron chi connectivity index (χ1n) is 8.05. The maximum atomic E-state index is 12.4. The molecule has 1 heterocycles. The fourth-order valence-corrected chi connectivity index (χ4v) is 2.74. The quantitative estimate of drug-likeness (QED) is 0.626. The van der Waals surface area contributed by atoms with Crippen LogP contribution in [0.5, 0.6) is 5.75 Å². The second kappa shape index (κ2) is 6.74. The molecule has 0 bridgehead atoms. The fraction of sp³-hybridized carbons (Fsp3) is 0.263. The molecule has 1 aliphatic heterocycles. The summed E-state index contributed by atoms with van der Waals surface area (Å²) in [6.45, 7) is 0.988. The number of hydrogen-bond donors (Lipinski definition) is 4. The van der Waals surface area contributed by atoms with Crippen molar-refractivity contribution in [3.8, 4) is 5.75 Å². The summed E-state index contributed by atoms with van der Waals surface area (Å²) in [5.74, 6) is 0.361. The predicted octanol–water partition coefficient (Wildman–Crippen LogP) is 2.54. The highest BCUT2D eigenvalue weighted by Gasteiger charge is 2.28. The number of ether oxygens (including phenoxy) is 1. The molecule has 3 rings (SSSR count). The van der Waals surface area contributed by atoms with Crippen molar-refractivity contribution in [3.05, 3.63) is 59.2 Å². The Morgan fingerprint density at radius 1 is 1.28 bits per heavy atom. The Labute approximate surface area is 146 Å². The number of anilines is 2. The Kier molecular flexibility index (Phi) is 4.65. The fourth-order valence-electron chi connectivity index (χ4n) is 2.74. The van der Waals surface area contributed by atoms with Gasteiger partial charge in [-0.05, 0) is 48.4 Å². The number of aryl methyl sites for hydroxylation is 1. The zero-order valence-corrected chi connectivity index (χ0v) is 14.0. The molecule has 0 spiro atoms. The van der Waals surface area contributed by atoms with Gasteiger partial charge >= 0.3 is 0 Å². The molecular formula is C19H22FN3O2. The summed E-state index contributed by atoms with van der Waals surface area (Å²) in [4.78, 5) is 0. The van der Waals surface area contributed by atoms with E-state index in [1.54, 1.807) is 12.1 Å². The lowest BCUT2D eigenvalue weighted by molar-refractivity contribution is 0.0845.